The van der Waals surface area contributed by atoms with Crippen molar-refractivity contribution in [2.24, 2.45) is 0 Å². The molecule has 1 aliphatic rings. The fourth-order valence-electron chi connectivity index (χ4n) is 3.49. The summed E-state index contributed by atoms with van der Waals surface area (Å²) in [5, 5.41) is 0. The lowest BCUT2D eigenvalue weighted by Gasteiger charge is -2.34. The second kappa shape index (κ2) is 6.68. The maximum atomic E-state index is 13.0. The van der Waals surface area contributed by atoms with Gasteiger partial charge in [-0.3, -0.25) is 9.97 Å². The molecule has 1 saturated heterocycles. The van der Waals surface area contributed by atoms with Crippen LogP contribution in [0.3, 0.4) is 0 Å². The van der Waals surface area contributed by atoms with Crippen LogP contribution in [0.4, 0.5) is 5.82 Å². The molecule has 1 fully saturated rings. The van der Waals surface area contributed by atoms with Gasteiger partial charge in [-0.25, -0.2) is 18.2 Å². The topological polar surface area (TPSA) is 112 Å². The van der Waals surface area contributed by atoms with Crippen molar-refractivity contribution in [2.75, 3.05) is 31.1 Å². The quantitative estimate of drug-likeness (QED) is 0.544. The molecule has 0 unspecified atom stereocenters. The second-order valence-electron chi connectivity index (χ2n) is 6.78. The molecule has 0 aliphatic carbocycles. The minimum absolute atomic E-state index is 0.103. The summed E-state index contributed by atoms with van der Waals surface area (Å²) in [6.07, 6.45) is 1.72. The Labute approximate surface area is 165 Å². The third-order valence-electron chi connectivity index (χ3n) is 5.03. The van der Waals surface area contributed by atoms with E-state index in [-0.39, 0.29) is 10.5 Å². The number of aromatic nitrogens is 3. The van der Waals surface area contributed by atoms with Gasteiger partial charge in [0.2, 0.25) is 10.0 Å². The van der Waals surface area contributed by atoms with E-state index < -0.39 is 15.8 Å². The zero-order valence-corrected chi connectivity index (χ0v) is 16.1. The van der Waals surface area contributed by atoms with E-state index in [9.17, 15) is 13.2 Å². The number of anilines is 1. The Balaban J connectivity index is 1.36. The molecule has 0 spiro atoms. The summed E-state index contributed by atoms with van der Waals surface area (Å²) in [4.78, 5) is 25.0. The van der Waals surface area contributed by atoms with Gasteiger partial charge < -0.3 is 9.32 Å². The number of rotatable bonds is 3. The van der Waals surface area contributed by atoms with Crippen LogP contribution in [0.2, 0.25) is 0 Å². The van der Waals surface area contributed by atoms with Crippen molar-refractivity contribution in [1.82, 2.24) is 19.3 Å². The molecule has 0 saturated carbocycles. The van der Waals surface area contributed by atoms with Gasteiger partial charge in [0.05, 0.1) is 27.6 Å². The standard InChI is InChI=1S/C19H17N5O4S/c25-19-22-16-6-5-13(11-17(16)28-19)29(26,27)24-9-7-23(8-10-24)18-12-20-14-3-1-2-4-15(14)21-18/h1-6,11-12H,7-10H2,(H,22,25). The molecule has 148 valence electrons. The highest BCUT2D eigenvalue weighted by molar-refractivity contribution is 7.89. The molecule has 2 aromatic carbocycles. The van der Waals surface area contributed by atoms with E-state index in [0.29, 0.717) is 31.7 Å². The van der Waals surface area contributed by atoms with Gasteiger partial charge in [0.25, 0.3) is 0 Å². The Bertz CT molecular complexity index is 1370. The highest BCUT2D eigenvalue weighted by atomic mass is 32.2. The SMILES string of the molecule is O=c1[nH]c2ccc(S(=O)(=O)N3CCN(c4cnc5ccccc5n4)CC3)cc2o1. The first-order chi connectivity index (χ1) is 14.0. The first-order valence-corrected chi connectivity index (χ1v) is 10.5. The van der Waals surface area contributed by atoms with Gasteiger partial charge in [0.15, 0.2) is 5.58 Å². The average molecular weight is 411 g/mol. The smallest absolute Gasteiger partial charge is 0.408 e. The van der Waals surface area contributed by atoms with E-state index >= 15 is 0 Å². The van der Waals surface area contributed by atoms with E-state index in [4.69, 9.17) is 4.42 Å². The minimum Gasteiger partial charge on any atom is -0.408 e. The number of H-pyrrole nitrogens is 1. The summed E-state index contributed by atoms with van der Waals surface area (Å²) < 4.78 is 32.4. The number of nitrogens with one attached hydrogen (secondary N) is 1. The number of hydrogen-bond donors (Lipinski definition) is 1. The summed E-state index contributed by atoms with van der Waals surface area (Å²) in [5.74, 6) is 0.121. The summed E-state index contributed by atoms with van der Waals surface area (Å²) in [7, 11) is -3.69. The van der Waals surface area contributed by atoms with Crippen molar-refractivity contribution in [2.45, 2.75) is 4.90 Å². The molecule has 0 amide bonds. The van der Waals surface area contributed by atoms with Gasteiger partial charge in [-0.1, -0.05) is 12.1 Å². The van der Waals surface area contributed by atoms with Crippen LogP contribution in [0.5, 0.6) is 0 Å². The third-order valence-corrected chi connectivity index (χ3v) is 6.92. The van der Waals surface area contributed by atoms with Gasteiger partial charge in [0, 0.05) is 32.2 Å². The first kappa shape index (κ1) is 17.8. The molecule has 1 N–H and O–H groups in total. The van der Waals surface area contributed by atoms with Crippen molar-refractivity contribution >= 4 is 38.0 Å². The molecule has 0 bridgehead atoms. The maximum Gasteiger partial charge on any atom is 0.417 e. The van der Waals surface area contributed by atoms with Gasteiger partial charge in [-0.05, 0) is 24.3 Å². The average Bonchev–Trinajstić information content (AvgIpc) is 3.12. The van der Waals surface area contributed by atoms with Gasteiger partial charge >= 0.3 is 5.76 Å². The van der Waals surface area contributed by atoms with Crippen LogP contribution in [0.15, 0.2) is 62.8 Å². The summed E-state index contributed by atoms with van der Waals surface area (Å²) in [6.45, 7) is 1.67. The number of aromatic amines is 1. The lowest BCUT2D eigenvalue weighted by molar-refractivity contribution is 0.384. The number of sulfonamides is 1. The molecule has 1 aliphatic heterocycles. The largest absolute Gasteiger partial charge is 0.417 e. The highest BCUT2D eigenvalue weighted by Crippen LogP contribution is 2.23. The predicted molar refractivity (Wildman–Crippen MR) is 107 cm³/mol. The summed E-state index contributed by atoms with van der Waals surface area (Å²) in [6, 6.07) is 12.0. The number of para-hydroxylation sites is 2. The minimum atomic E-state index is -3.69. The van der Waals surface area contributed by atoms with E-state index in [1.807, 2.05) is 29.2 Å². The molecule has 3 heterocycles. The van der Waals surface area contributed by atoms with E-state index in [1.54, 1.807) is 6.20 Å². The normalized spacial score (nSPS) is 15.9. The van der Waals surface area contributed by atoms with Crippen molar-refractivity contribution in [3.8, 4) is 0 Å². The number of fused-ring (bicyclic) bond motifs is 2. The zero-order valence-electron chi connectivity index (χ0n) is 15.3. The Morgan fingerprint density at radius 2 is 1.76 bits per heavy atom. The molecule has 2 aromatic heterocycles. The van der Waals surface area contributed by atoms with Gasteiger partial charge in [-0.2, -0.15) is 4.31 Å². The molecular formula is C19H17N5O4S. The summed E-state index contributed by atoms with van der Waals surface area (Å²) >= 11 is 0. The van der Waals surface area contributed by atoms with Crippen LogP contribution in [0, 0.1) is 0 Å². The van der Waals surface area contributed by atoms with E-state index in [0.717, 1.165) is 16.9 Å². The highest BCUT2D eigenvalue weighted by Gasteiger charge is 2.29. The van der Waals surface area contributed by atoms with Crippen LogP contribution in [0.1, 0.15) is 0 Å². The Kier molecular flexibility index (Phi) is 4.10. The molecule has 0 atom stereocenters. The first-order valence-electron chi connectivity index (χ1n) is 9.10. The number of piperazine rings is 1. The van der Waals surface area contributed by atoms with Crippen LogP contribution in [-0.2, 0) is 10.0 Å². The molecule has 10 heteroatoms. The summed E-state index contributed by atoms with van der Waals surface area (Å²) in [5.41, 5.74) is 2.32. The maximum absolute atomic E-state index is 13.0. The molecule has 4 aromatic rings. The van der Waals surface area contributed by atoms with Gasteiger partial charge in [0.1, 0.15) is 5.82 Å². The van der Waals surface area contributed by atoms with Crippen LogP contribution < -0.4 is 10.7 Å². The predicted octanol–water partition coefficient (Wildman–Crippen LogP) is 1.58. The number of benzene rings is 2. The molecular weight excluding hydrogens is 394 g/mol. The Hall–Kier alpha value is -3.24. The van der Waals surface area contributed by atoms with Crippen molar-refractivity contribution < 1.29 is 12.8 Å². The zero-order chi connectivity index (χ0) is 20.0. The lowest BCUT2D eigenvalue weighted by atomic mass is 10.3. The van der Waals surface area contributed by atoms with Crippen LogP contribution in [0.25, 0.3) is 22.1 Å². The fraction of sp³-hybridized carbons (Fsp3) is 0.211. The molecule has 9 nitrogen and oxygen atoms in total. The number of hydrogen-bond acceptors (Lipinski definition) is 7. The number of oxazole rings is 1. The van der Waals surface area contributed by atoms with Gasteiger partial charge in [-0.15, -0.1) is 0 Å². The monoisotopic (exact) mass is 411 g/mol. The second-order valence-corrected chi connectivity index (χ2v) is 8.72. The molecule has 5 rings (SSSR count). The van der Waals surface area contributed by atoms with Crippen molar-refractivity contribution in [3.05, 3.63) is 59.2 Å². The van der Waals surface area contributed by atoms with Crippen molar-refractivity contribution in [3.63, 3.8) is 0 Å². The lowest BCUT2D eigenvalue weighted by Crippen LogP contribution is -2.48. The van der Waals surface area contributed by atoms with Crippen LogP contribution >= 0.6 is 0 Å². The molecule has 29 heavy (non-hydrogen) atoms. The fourth-order valence-corrected chi connectivity index (χ4v) is 4.93. The molecule has 0 radical (unpaired) electrons. The van der Waals surface area contributed by atoms with E-state index in [2.05, 4.69) is 15.0 Å². The Morgan fingerprint density at radius 1 is 1.00 bits per heavy atom. The number of nitrogens with zero attached hydrogens (tertiary/aromatic N) is 4. The van der Waals surface area contributed by atoms with Crippen LogP contribution in [-0.4, -0.2) is 53.9 Å². The van der Waals surface area contributed by atoms with E-state index in [1.165, 1.54) is 22.5 Å². The third kappa shape index (κ3) is 3.15. The Morgan fingerprint density at radius 3 is 2.55 bits per heavy atom. The van der Waals surface area contributed by atoms with Crippen molar-refractivity contribution in [1.29, 1.82) is 0 Å².